The first-order valence-corrected chi connectivity index (χ1v) is 11.1. The first-order valence-electron chi connectivity index (χ1n) is 8.22. The number of hydrogen-bond donors (Lipinski definition) is 1. The summed E-state index contributed by atoms with van der Waals surface area (Å²) in [5.74, 6) is -5.31. The normalized spacial score (nSPS) is 12.4. The minimum absolute atomic E-state index is 0.123. The zero-order chi connectivity index (χ0) is 21.3. The van der Waals surface area contributed by atoms with Crippen molar-refractivity contribution in [3.05, 3.63) is 53.3 Å². The van der Waals surface area contributed by atoms with Crippen LogP contribution in [0.4, 0.5) is 18.9 Å². The van der Waals surface area contributed by atoms with Crippen molar-refractivity contribution < 1.29 is 30.0 Å². The lowest BCUT2D eigenvalue weighted by Crippen LogP contribution is -2.31. The summed E-state index contributed by atoms with van der Waals surface area (Å²) in [6, 6.07) is 4.83. The molecule has 2 aromatic rings. The number of nitrogens with zero attached hydrogens (tertiary/aromatic N) is 1. The maximum absolute atomic E-state index is 13.9. The van der Waals surface area contributed by atoms with Crippen LogP contribution in [0.5, 0.6) is 0 Å². The second kappa shape index (κ2) is 8.10. The number of sulfonamides is 2. The number of anilines is 1. The topological polar surface area (TPSA) is 83.6 Å². The summed E-state index contributed by atoms with van der Waals surface area (Å²) in [4.78, 5) is -1.22. The van der Waals surface area contributed by atoms with E-state index in [1.165, 1.54) is 16.4 Å². The summed E-state index contributed by atoms with van der Waals surface area (Å²) in [5, 5.41) is 0. The van der Waals surface area contributed by atoms with Gasteiger partial charge < -0.3 is 0 Å². The Morgan fingerprint density at radius 2 is 1.50 bits per heavy atom. The molecule has 0 saturated heterocycles. The third kappa shape index (κ3) is 4.15. The van der Waals surface area contributed by atoms with Gasteiger partial charge in [0.1, 0.15) is 4.90 Å². The first-order chi connectivity index (χ1) is 13.0. The lowest BCUT2D eigenvalue weighted by atomic mass is 10.2. The molecule has 1 N–H and O–H groups in total. The zero-order valence-electron chi connectivity index (χ0n) is 15.3. The maximum Gasteiger partial charge on any atom is 0.264 e. The highest BCUT2D eigenvalue weighted by Gasteiger charge is 2.27. The number of hydrogen-bond acceptors (Lipinski definition) is 4. The van der Waals surface area contributed by atoms with Crippen molar-refractivity contribution in [1.82, 2.24) is 4.31 Å². The van der Waals surface area contributed by atoms with Crippen molar-refractivity contribution in [2.75, 3.05) is 17.8 Å². The van der Waals surface area contributed by atoms with Gasteiger partial charge in [0, 0.05) is 13.1 Å². The van der Waals surface area contributed by atoms with Crippen molar-refractivity contribution in [3.63, 3.8) is 0 Å². The van der Waals surface area contributed by atoms with E-state index in [9.17, 15) is 30.0 Å². The van der Waals surface area contributed by atoms with Gasteiger partial charge in [-0.25, -0.2) is 30.0 Å². The van der Waals surface area contributed by atoms with Crippen molar-refractivity contribution in [3.8, 4) is 0 Å². The largest absolute Gasteiger partial charge is 0.279 e. The Kier molecular flexibility index (Phi) is 6.41. The smallest absolute Gasteiger partial charge is 0.264 e. The fourth-order valence-corrected chi connectivity index (χ4v) is 5.40. The Balaban J connectivity index is 2.50. The monoisotopic (exact) mass is 436 g/mol. The first kappa shape index (κ1) is 22.2. The Morgan fingerprint density at radius 3 is 2.07 bits per heavy atom. The van der Waals surface area contributed by atoms with Gasteiger partial charge in [-0.3, -0.25) is 4.72 Å². The Hall–Kier alpha value is -2.11. The van der Waals surface area contributed by atoms with Gasteiger partial charge in [-0.1, -0.05) is 19.9 Å². The van der Waals surface area contributed by atoms with Crippen LogP contribution in [-0.4, -0.2) is 34.2 Å². The molecule has 28 heavy (non-hydrogen) atoms. The van der Waals surface area contributed by atoms with E-state index in [0.29, 0.717) is 17.7 Å². The van der Waals surface area contributed by atoms with Crippen LogP contribution >= 0.6 is 0 Å². The molecule has 2 rings (SSSR count). The predicted molar refractivity (Wildman–Crippen MR) is 98.4 cm³/mol. The van der Waals surface area contributed by atoms with E-state index >= 15 is 0 Å². The standard InChI is InChI=1S/C17H19F3N2O4S2/c1-4-22(5-2)28(25,26)15-10-12(7-6-11(15)3)21-27(23,24)14-9-8-13(18)16(19)17(14)20/h6-10,21H,4-5H2,1-3H3. The van der Waals surface area contributed by atoms with E-state index < -0.39 is 42.4 Å². The maximum atomic E-state index is 13.9. The molecule has 0 radical (unpaired) electrons. The van der Waals surface area contributed by atoms with E-state index in [1.807, 2.05) is 4.72 Å². The molecule has 154 valence electrons. The van der Waals surface area contributed by atoms with Crippen LogP contribution in [0.2, 0.25) is 0 Å². The highest BCUT2D eigenvalue weighted by molar-refractivity contribution is 7.92. The molecule has 0 aliphatic carbocycles. The average Bonchev–Trinajstić information content (AvgIpc) is 2.61. The van der Waals surface area contributed by atoms with Crippen LogP contribution < -0.4 is 4.72 Å². The van der Waals surface area contributed by atoms with Gasteiger partial charge in [-0.2, -0.15) is 4.31 Å². The Morgan fingerprint density at radius 1 is 0.893 bits per heavy atom. The van der Waals surface area contributed by atoms with Crippen LogP contribution in [0.25, 0.3) is 0 Å². The van der Waals surface area contributed by atoms with Gasteiger partial charge >= 0.3 is 0 Å². The second-order valence-electron chi connectivity index (χ2n) is 5.85. The molecule has 2 aromatic carbocycles. The highest BCUT2D eigenvalue weighted by atomic mass is 32.2. The lowest BCUT2D eigenvalue weighted by Gasteiger charge is -2.20. The molecule has 0 spiro atoms. The molecule has 0 heterocycles. The zero-order valence-corrected chi connectivity index (χ0v) is 17.0. The summed E-state index contributed by atoms with van der Waals surface area (Å²) in [5.41, 5.74) is 0.217. The van der Waals surface area contributed by atoms with Crippen molar-refractivity contribution in [2.45, 2.75) is 30.6 Å². The van der Waals surface area contributed by atoms with Gasteiger partial charge in [0.05, 0.1) is 10.6 Å². The summed E-state index contributed by atoms with van der Waals surface area (Å²) < 4.78 is 93.7. The SMILES string of the molecule is CCN(CC)S(=O)(=O)c1cc(NS(=O)(=O)c2ccc(F)c(F)c2F)ccc1C. The van der Waals surface area contributed by atoms with E-state index in [4.69, 9.17) is 0 Å². The Bertz CT molecular complexity index is 1100. The minimum Gasteiger partial charge on any atom is -0.279 e. The van der Waals surface area contributed by atoms with E-state index in [0.717, 1.165) is 6.07 Å². The fourth-order valence-electron chi connectivity index (χ4n) is 2.57. The molecule has 0 unspecified atom stereocenters. The van der Waals surface area contributed by atoms with Crippen molar-refractivity contribution in [1.29, 1.82) is 0 Å². The molecular formula is C17H19F3N2O4S2. The summed E-state index contributed by atoms with van der Waals surface area (Å²) in [7, 11) is -8.51. The third-order valence-electron chi connectivity index (χ3n) is 4.05. The fraction of sp³-hybridized carbons (Fsp3) is 0.294. The Labute approximate surface area is 162 Å². The molecule has 0 atom stereocenters. The van der Waals surface area contributed by atoms with Crippen LogP contribution in [0, 0.1) is 24.4 Å². The number of halogens is 3. The summed E-state index contributed by atoms with van der Waals surface area (Å²) in [6.45, 7) is 5.30. The molecule has 0 saturated carbocycles. The molecule has 0 fully saturated rings. The number of benzene rings is 2. The third-order valence-corrected chi connectivity index (χ3v) is 7.64. The summed E-state index contributed by atoms with van der Waals surface area (Å²) in [6.07, 6.45) is 0. The number of nitrogens with one attached hydrogen (secondary N) is 1. The van der Waals surface area contributed by atoms with Gasteiger partial charge in [-0.05, 0) is 36.8 Å². The molecule has 0 amide bonds. The lowest BCUT2D eigenvalue weighted by molar-refractivity contribution is 0.432. The van der Waals surface area contributed by atoms with E-state index in [1.54, 1.807) is 20.8 Å². The van der Waals surface area contributed by atoms with Gasteiger partial charge in [0.15, 0.2) is 17.5 Å². The quantitative estimate of drug-likeness (QED) is 0.676. The van der Waals surface area contributed by atoms with Gasteiger partial charge in [0.2, 0.25) is 10.0 Å². The molecule has 6 nitrogen and oxygen atoms in total. The highest BCUT2D eigenvalue weighted by Crippen LogP contribution is 2.26. The number of rotatable bonds is 7. The second-order valence-corrected chi connectivity index (χ2v) is 9.41. The minimum atomic E-state index is -4.63. The number of aryl methyl sites for hydroxylation is 1. The summed E-state index contributed by atoms with van der Waals surface area (Å²) >= 11 is 0. The van der Waals surface area contributed by atoms with Crippen LogP contribution in [0.3, 0.4) is 0 Å². The molecule has 11 heteroatoms. The van der Waals surface area contributed by atoms with Crippen LogP contribution in [0.15, 0.2) is 40.1 Å². The molecule has 0 bridgehead atoms. The van der Waals surface area contributed by atoms with Crippen molar-refractivity contribution >= 4 is 25.7 Å². The molecule has 0 aliphatic rings. The van der Waals surface area contributed by atoms with Gasteiger partial charge in [-0.15, -0.1) is 0 Å². The van der Waals surface area contributed by atoms with Crippen molar-refractivity contribution in [2.24, 2.45) is 0 Å². The van der Waals surface area contributed by atoms with Crippen LogP contribution in [-0.2, 0) is 20.0 Å². The van der Waals surface area contributed by atoms with E-state index in [2.05, 4.69) is 0 Å². The molecule has 0 aromatic heterocycles. The van der Waals surface area contributed by atoms with Crippen LogP contribution in [0.1, 0.15) is 19.4 Å². The van der Waals surface area contributed by atoms with E-state index in [-0.39, 0.29) is 23.7 Å². The molecular weight excluding hydrogens is 417 g/mol. The van der Waals surface area contributed by atoms with Gasteiger partial charge in [0.25, 0.3) is 10.0 Å². The molecule has 0 aliphatic heterocycles. The average molecular weight is 436 g/mol. The predicted octanol–water partition coefficient (Wildman–Crippen LogP) is 3.24.